The Kier molecular flexibility index (Phi) is 9.34. The van der Waals surface area contributed by atoms with E-state index >= 15 is 0 Å². The Morgan fingerprint density at radius 3 is 1.38 bits per heavy atom. The van der Waals surface area contributed by atoms with Gasteiger partial charge in [-0.1, -0.05) is 121 Å². The summed E-state index contributed by atoms with van der Waals surface area (Å²) in [6, 6.07) is 51.0. The summed E-state index contributed by atoms with van der Waals surface area (Å²) in [5.74, 6) is 1.50. The summed E-state index contributed by atoms with van der Waals surface area (Å²) < 4.78 is 17.9. The minimum absolute atomic E-state index is 0.0183. The average Bonchev–Trinajstić information content (AvgIpc) is 3.46. The number of ether oxygens (including phenoxy) is 3. The summed E-state index contributed by atoms with van der Waals surface area (Å²) in [5.41, 5.74) is 10.5. The molecule has 6 aromatic carbocycles. The van der Waals surface area contributed by atoms with Crippen molar-refractivity contribution in [1.82, 2.24) is 0 Å². The second-order valence-corrected chi connectivity index (χ2v) is 11.8. The minimum atomic E-state index is -0.654. The average molecular weight is 635 g/mol. The third-order valence-corrected chi connectivity index (χ3v) is 9.02. The molecule has 0 amide bonds. The van der Waals surface area contributed by atoms with Gasteiger partial charge in [-0.25, -0.2) is 0 Å². The summed E-state index contributed by atoms with van der Waals surface area (Å²) in [7, 11) is 0. The molecule has 0 atom stereocenters. The molecule has 1 aliphatic carbocycles. The third-order valence-electron chi connectivity index (χ3n) is 9.02. The second kappa shape index (κ2) is 14.3. The van der Waals surface area contributed by atoms with Crippen LogP contribution in [0.1, 0.15) is 22.3 Å². The molecule has 5 heteroatoms. The number of rotatable bonds is 13. The molecule has 0 heterocycles. The van der Waals surface area contributed by atoms with Gasteiger partial charge in [0, 0.05) is 11.1 Å². The first-order valence-electron chi connectivity index (χ1n) is 16.4. The van der Waals surface area contributed by atoms with Crippen LogP contribution in [-0.2, 0) is 10.2 Å². The Hall–Kier alpha value is -5.20. The number of hydrogen-bond acceptors (Lipinski definition) is 5. The molecule has 0 spiro atoms. The molecule has 6 aromatic rings. The normalized spacial score (nSPS) is 12.7. The Morgan fingerprint density at radius 1 is 0.417 bits per heavy atom. The van der Waals surface area contributed by atoms with Crippen LogP contribution in [0.5, 0.6) is 11.5 Å². The fraction of sp³-hybridized carbons (Fsp3) is 0.163. The Labute approximate surface area is 281 Å². The highest BCUT2D eigenvalue weighted by Gasteiger charge is 2.46. The molecule has 240 valence electrons. The number of aliphatic hydroxyl groups excluding tert-OH is 2. The zero-order valence-corrected chi connectivity index (χ0v) is 26.7. The van der Waals surface area contributed by atoms with Crippen LogP contribution >= 0.6 is 0 Å². The van der Waals surface area contributed by atoms with Gasteiger partial charge in [-0.05, 0) is 68.8 Å². The minimum Gasteiger partial charge on any atom is -0.491 e. The molecule has 7 rings (SSSR count). The van der Waals surface area contributed by atoms with Crippen LogP contribution < -0.4 is 9.47 Å². The van der Waals surface area contributed by atoms with E-state index in [9.17, 15) is 5.11 Å². The first-order valence-corrected chi connectivity index (χ1v) is 16.4. The number of hydrogen-bond donors (Lipinski definition) is 2. The number of aliphatic hydroxyl groups is 2. The fourth-order valence-electron chi connectivity index (χ4n) is 7.02. The van der Waals surface area contributed by atoms with Crippen molar-refractivity contribution in [1.29, 1.82) is 0 Å². The summed E-state index contributed by atoms with van der Waals surface area (Å²) in [5, 5.41) is 18.7. The maximum absolute atomic E-state index is 9.61. The van der Waals surface area contributed by atoms with Gasteiger partial charge in [-0.15, -0.1) is 0 Å². The molecule has 1 aliphatic rings. The van der Waals surface area contributed by atoms with Crippen LogP contribution in [0.2, 0.25) is 0 Å². The van der Waals surface area contributed by atoms with E-state index in [4.69, 9.17) is 19.3 Å². The smallest absolute Gasteiger partial charge is 0.127 e. The maximum atomic E-state index is 9.61. The molecule has 48 heavy (non-hydrogen) atoms. The van der Waals surface area contributed by atoms with Gasteiger partial charge in [0.1, 0.15) is 24.7 Å². The molecular formula is C43H38O5. The highest BCUT2D eigenvalue weighted by atomic mass is 16.5. The molecule has 0 bridgehead atoms. The summed E-state index contributed by atoms with van der Waals surface area (Å²) in [4.78, 5) is 0. The lowest BCUT2D eigenvalue weighted by atomic mass is 9.67. The van der Waals surface area contributed by atoms with Crippen molar-refractivity contribution in [3.05, 3.63) is 168 Å². The molecule has 0 fully saturated rings. The standard InChI is InChI=1S/C43H38O5/c44-23-25-46-27-28-48-42-22-20-34(30-38(42)32-13-5-2-6-14-32)43(39-17-9-7-15-35(39)36-16-8-10-18-40(36)43)33-19-21-41(47-26-24-45)37(29-33)31-11-3-1-4-12-31/h1-22,29-30,44-45H,23-28H2. The Morgan fingerprint density at radius 2 is 0.875 bits per heavy atom. The number of benzene rings is 6. The molecular weight excluding hydrogens is 596 g/mol. The first kappa shape index (κ1) is 31.4. The van der Waals surface area contributed by atoms with Crippen LogP contribution in [0.3, 0.4) is 0 Å². The Bertz CT molecular complexity index is 1940. The lowest BCUT2D eigenvalue weighted by Crippen LogP contribution is -2.29. The van der Waals surface area contributed by atoms with Crippen molar-refractivity contribution >= 4 is 0 Å². The van der Waals surface area contributed by atoms with Gasteiger partial charge in [-0.3, -0.25) is 0 Å². The molecule has 0 aromatic heterocycles. The highest BCUT2D eigenvalue weighted by Crippen LogP contribution is 2.57. The zero-order chi connectivity index (χ0) is 32.8. The van der Waals surface area contributed by atoms with Crippen molar-refractivity contribution in [2.45, 2.75) is 5.41 Å². The lowest BCUT2D eigenvalue weighted by Gasteiger charge is -2.35. The monoisotopic (exact) mass is 634 g/mol. The lowest BCUT2D eigenvalue weighted by molar-refractivity contribution is 0.0706. The van der Waals surface area contributed by atoms with Gasteiger partial charge in [0.25, 0.3) is 0 Å². The van der Waals surface area contributed by atoms with E-state index in [0.717, 1.165) is 44.9 Å². The Balaban J connectivity index is 1.48. The SMILES string of the molecule is OCCOCCOc1ccc(C2(c3ccc(OCCO)c(-c4ccccc4)c3)c3ccccc3-c3ccccc32)cc1-c1ccccc1. The van der Waals surface area contributed by atoms with Gasteiger partial charge in [0.15, 0.2) is 0 Å². The van der Waals surface area contributed by atoms with Gasteiger partial charge >= 0.3 is 0 Å². The molecule has 2 N–H and O–H groups in total. The van der Waals surface area contributed by atoms with E-state index in [1.807, 2.05) is 42.5 Å². The quantitative estimate of drug-likeness (QED) is 0.125. The van der Waals surface area contributed by atoms with E-state index in [-0.39, 0.29) is 26.4 Å². The molecule has 5 nitrogen and oxygen atoms in total. The van der Waals surface area contributed by atoms with Crippen LogP contribution in [0, 0.1) is 0 Å². The van der Waals surface area contributed by atoms with E-state index in [1.165, 1.54) is 22.3 Å². The van der Waals surface area contributed by atoms with Gasteiger partial charge in [0.2, 0.25) is 0 Å². The van der Waals surface area contributed by atoms with Crippen LogP contribution in [-0.4, -0.2) is 49.9 Å². The molecule has 0 unspecified atom stereocenters. The largest absolute Gasteiger partial charge is 0.491 e. The van der Waals surface area contributed by atoms with Crippen LogP contribution in [0.15, 0.2) is 146 Å². The molecule has 0 aliphatic heterocycles. The van der Waals surface area contributed by atoms with E-state index in [0.29, 0.717) is 13.2 Å². The first-order chi connectivity index (χ1) is 23.8. The molecule has 0 radical (unpaired) electrons. The summed E-state index contributed by atoms with van der Waals surface area (Å²) >= 11 is 0. The maximum Gasteiger partial charge on any atom is 0.127 e. The molecule has 0 saturated heterocycles. The van der Waals surface area contributed by atoms with Crippen molar-refractivity contribution in [2.75, 3.05) is 39.6 Å². The number of fused-ring (bicyclic) bond motifs is 3. The van der Waals surface area contributed by atoms with Gasteiger partial charge in [0.05, 0.1) is 31.8 Å². The predicted molar refractivity (Wildman–Crippen MR) is 191 cm³/mol. The third kappa shape index (κ3) is 5.77. The highest BCUT2D eigenvalue weighted by molar-refractivity contribution is 5.88. The van der Waals surface area contributed by atoms with Crippen molar-refractivity contribution in [3.63, 3.8) is 0 Å². The van der Waals surface area contributed by atoms with Crippen molar-refractivity contribution < 1.29 is 24.4 Å². The topological polar surface area (TPSA) is 68.2 Å². The van der Waals surface area contributed by atoms with E-state index in [2.05, 4.69) is 103 Å². The van der Waals surface area contributed by atoms with E-state index in [1.54, 1.807) is 0 Å². The van der Waals surface area contributed by atoms with Crippen molar-refractivity contribution in [3.8, 4) is 44.9 Å². The van der Waals surface area contributed by atoms with Crippen LogP contribution in [0.25, 0.3) is 33.4 Å². The van der Waals surface area contributed by atoms with Crippen molar-refractivity contribution in [2.24, 2.45) is 0 Å². The van der Waals surface area contributed by atoms with Gasteiger partial charge < -0.3 is 24.4 Å². The fourth-order valence-corrected chi connectivity index (χ4v) is 7.02. The molecule has 0 saturated carbocycles. The van der Waals surface area contributed by atoms with Gasteiger partial charge in [-0.2, -0.15) is 0 Å². The predicted octanol–water partition coefficient (Wildman–Crippen LogP) is 8.14. The van der Waals surface area contributed by atoms with Crippen LogP contribution in [0.4, 0.5) is 0 Å². The summed E-state index contributed by atoms with van der Waals surface area (Å²) in [6.07, 6.45) is 0. The van der Waals surface area contributed by atoms with E-state index < -0.39 is 5.41 Å². The second-order valence-electron chi connectivity index (χ2n) is 11.8. The summed E-state index contributed by atoms with van der Waals surface area (Å²) in [6.45, 7) is 1.16. The zero-order valence-electron chi connectivity index (χ0n) is 26.7.